The topological polar surface area (TPSA) is 50.7 Å². The van der Waals surface area contributed by atoms with Crippen LogP contribution in [0, 0.1) is 5.92 Å². The molecule has 118 valence electrons. The molecule has 1 fully saturated rings. The lowest BCUT2D eigenvalue weighted by Gasteiger charge is -2.39. The summed E-state index contributed by atoms with van der Waals surface area (Å²) in [6, 6.07) is 5.94. The lowest BCUT2D eigenvalue weighted by Crippen LogP contribution is -2.50. The van der Waals surface area contributed by atoms with Gasteiger partial charge in [-0.05, 0) is 49.3 Å². The van der Waals surface area contributed by atoms with Crippen LogP contribution in [0.3, 0.4) is 0 Å². The maximum absolute atomic E-state index is 9.78. The molecule has 4 heteroatoms. The molecule has 1 aliphatic carbocycles. The molecule has 0 atom stereocenters. The van der Waals surface area contributed by atoms with Gasteiger partial charge in [0.05, 0.1) is 20.8 Å². The average Bonchev–Trinajstić information content (AvgIpc) is 2.54. The number of ether oxygens (including phenoxy) is 2. The van der Waals surface area contributed by atoms with E-state index >= 15 is 0 Å². The van der Waals surface area contributed by atoms with Gasteiger partial charge in [-0.25, -0.2) is 0 Å². The van der Waals surface area contributed by atoms with Crippen molar-refractivity contribution in [3.63, 3.8) is 0 Å². The van der Waals surface area contributed by atoms with Gasteiger partial charge in [0.15, 0.2) is 11.5 Å². The van der Waals surface area contributed by atoms with Crippen LogP contribution in [-0.2, 0) is 6.54 Å². The van der Waals surface area contributed by atoms with Gasteiger partial charge < -0.3 is 19.9 Å². The molecular weight excluding hydrogens is 266 g/mol. The van der Waals surface area contributed by atoms with Crippen LogP contribution in [0.15, 0.2) is 18.2 Å². The minimum atomic E-state index is -0.125. The van der Waals surface area contributed by atoms with Crippen LogP contribution >= 0.6 is 0 Å². The molecule has 2 rings (SSSR count). The number of methoxy groups -OCH3 is 2. The Morgan fingerprint density at radius 1 is 1.19 bits per heavy atom. The lowest BCUT2D eigenvalue weighted by atomic mass is 9.77. The summed E-state index contributed by atoms with van der Waals surface area (Å²) in [6.45, 7) is 3.22. The first-order valence-corrected chi connectivity index (χ1v) is 7.69. The van der Waals surface area contributed by atoms with E-state index in [1.54, 1.807) is 14.2 Å². The maximum atomic E-state index is 9.78. The van der Waals surface area contributed by atoms with E-state index in [0.717, 1.165) is 42.4 Å². The third-order valence-corrected chi connectivity index (χ3v) is 4.65. The normalized spacial score (nSPS) is 25.6. The summed E-state index contributed by atoms with van der Waals surface area (Å²) >= 11 is 0. The Bertz CT molecular complexity index is 453. The first-order chi connectivity index (χ1) is 10.1. The van der Waals surface area contributed by atoms with E-state index in [0.29, 0.717) is 0 Å². The molecule has 21 heavy (non-hydrogen) atoms. The predicted octanol–water partition coefficient (Wildman–Crippen LogP) is 2.73. The summed E-state index contributed by atoms with van der Waals surface area (Å²) in [6.07, 6.45) is 4.44. The van der Waals surface area contributed by atoms with Crippen LogP contribution in [0.2, 0.25) is 0 Å². The van der Waals surface area contributed by atoms with Crippen molar-refractivity contribution in [2.75, 3.05) is 20.8 Å². The van der Waals surface area contributed by atoms with E-state index in [2.05, 4.69) is 12.2 Å². The van der Waals surface area contributed by atoms with Gasteiger partial charge in [0.25, 0.3) is 0 Å². The van der Waals surface area contributed by atoms with Crippen LogP contribution in [0.5, 0.6) is 11.5 Å². The van der Waals surface area contributed by atoms with Crippen molar-refractivity contribution in [1.29, 1.82) is 0 Å². The zero-order chi connectivity index (χ0) is 15.3. The fourth-order valence-electron chi connectivity index (χ4n) is 2.99. The third kappa shape index (κ3) is 3.89. The Kier molecular flexibility index (Phi) is 5.48. The van der Waals surface area contributed by atoms with Gasteiger partial charge in [-0.15, -0.1) is 0 Å². The van der Waals surface area contributed by atoms with E-state index in [1.807, 2.05) is 18.2 Å². The monoisotopic (exact) mass is 293 g/mol. The molecule has 0 unspecified atom stereocenters. The molecule has 4 nitrogen and oxygen atoms in total. The fourth-order valence-corrected chi connectivity index (χ4v) is 2.99. The summed E-state index contributed by atoms with van der Waals surface area (Å²) in [4.78, 5) is 0. The van der Waals surface area contributed by atoms with Gasteiger partial charge in [-0.1, -0.05) is 13.0 Å². The SMILES string of the molecule is COc1ccc(CNC2(CO)CCC(C)CC2)cc1OC. The van der Waals surface area contributed by atoms with Gasteiger partial charge in [0.1, 0.15) is 0 Å². The zero-order valence-electron chi connectivity index (χ0n) is 13.3. The summed E-state index contributed by atoms with van der Waals surface area (Å²) in [5, 5.41) is 13.3. The van der Waals surface area contributed by atoms with Gasteiger partial charge in [-0.2, -0.15) is 0 Å². The molecule has 0 heterocycles. The molecule has 1 aromatic carbocycles. The second-order valence-corrected chi connectivity index (χ2v) is 6.16. The van der Waals surface area contributed by atoms with Crippen molar-refractivity contribution in [3.8, 4) is 11.5 Å². The molecule has 1 aromatic rings. The predicted molar refractivity (Wildman–Crippen MR) is 83.8 cm³/mol. The molecular formula is C17H27NO3. The Hall–Kier alpha value is -1.26. The maximum Gasteiger partial charge on any atom is 0.161 e. The minimum absolute atomic E-state index is 0.125. The third-order valence-electron chi connectivity index (χ3n) is 4.65. The van der Waals surface area contributed by atoms with Crippen LogP contribution in [0.25, 0.3) is 0 Å². The Labute approximate surface area is 127 Å². The largest absolute Gasteiger partial charge is 0.493 e. The molecule has 0 aromatic heterocycles. The van der Waals surface area contributed by atoms with Gasteiger partial charge >= 0.3 is 0 Å². The highest BCUT2D eigenvalue weighted by molar-refractivity contribution is 5.42. The molecule has 0 spiro atoms. The van der Waals surface area contributed by atoms with E-state index in [4.69, 9.17) is 9.47 Å². The number of benzene rings is 1. The van der Waals surface area contributed by atoms with Crippen molar-refractivity contribution in [2.45, 2.75) is 44.7 Å². The number of aliphatic hydroxyl groups excluding tert-OH is 1. The first kappa shape index (κ1) is 16.1. The smallest absolute Gasteiger partial charge is 0.161 e. The number of nitrogens with one attached hydrogen (secondary N) is 1. The van der Waals surface area contributed by atoms with Crippen molar-refractivity contribution in [3.05, 3.63) is 23.8 Å². The van der Waals surface area contributed by atoms with E-state index in [9.17, 15) is 5.11 Å². The molecule has 0 amide bonds. The summed E-state index contributed by atoms with van der Waals surface area (Å²) in [7, 11) is 3.28. The second kappa shape index (κ2) is 7.14. The standard InChI is InChI=1S/C17H27NO3/c1-13-6-8-17(12-19,9-7-13)18-11-14-4-5-15(20-2)16(10-14)21-3/h4-5,10,13,18-19H,6-9,11-12H2,1-3H3. The fraction of sp³-hybridized carbons (Fsp3) is 0.647. The lowest BCUT2D eigenvalue weighted by molar-refractivity contribution is 0.104. The molecule has 0 bridgehead atoms. The summed E-state index contributed by atoms with van der Waals surface area (Å²) in [5.41, 5.74) is 1.01. The minimum Gasteiger partial charge on any atom is -0.493 e. The zero-order valence-corrected chi connectivity index (χ0v) is 13.3. The van der Waals surface area contributed by atoms with E-state index in [-0.39, 0.29) is 12.1 Å². The number of hydrogen-bond donors (Lipinski definition) is 2. The Balaban J connectivity index is 2.01. The van der Waals surface area contributed by atoms with Gasteiger partial charge in [0, 0.05) is 12.1 Å². The quantitative estimate of drug-likeness (QED) is 0.847. The first-order valence-electron chi connectivity index (χ1n) is 7.69. The van der Waals surface area contributed by atoms with Crippen LogP contribution in [0.1, 0.15) is 38.2 Å². The van der Waals surface area contributed by atoms with Gasteiger partial charge in [0.2, 0.25) is 0 Å². The van der Waals surface area contributed by atoms with E-state index < -0.39 is 0 Å². The molecule has 0 saturated heterocycles. The Morgan fingerprint density at radius 2 is 1.86 bits per heavy atom. The molecule has 0 radical (unpaired) electrons. The summed E-state index contributed by atoms with van der Waals surface area (Å²) < 4.78 is 10.6. The Morgan fingerprint density at radius 3 is 2.43 bits per heavy atom. The van der Waals surface area contributed by atoms with Crippen molar-refractivity contribution in [1.82, 2.24) is 5.32 Å². The second-order valence-electron chi connectivity index (χ2n) is 6.16. The van der Waals surface area contributed by atoms with Crippen molar-refractivity contribution >= 4 is 0 Å². The highest BCUT2D eigenvalue weighted by atomic mass is 16.5. The number of rotatable bonds is 6. The van der Waals surface area contributed by atoms with Gasteiger partial charge in [-0.3, -0.25) is 0 Å². The molecule has 0 aliphatic heterocycles. The molecule has 1 saturated carbocycles. The van der Waals surface area contributed by atoms with Crippen molar-refractivity contribution < 1.29 is 14.6 Å². The number of aliphatic hydroxyl groups is 1. The molecule has 1 aliphatic rings. The molecule has 2 N–H and O–H groups in total. The van der Waals surface area contributed by atoms with Crippen molar-refractivity contribution in [2.24, 2.45) is 5.92 Å². The van der Waals surface area contributed by atoms with Crippen LogP contribution in [0.4, 0.5) is 0 Å². The average molecular weight is 293 g/mol. The number of hydrogen-bond acceptors (Lipinski definition) is 4. The summed E-state index contributed by atoms with van der Waals surface area (Å²) in [5.74, 6) is 2.25. The van der Waals surface area contributed by atoms with E-state index in [1.165, 1.54) is 12.8 Å². The highest BCUT2D eigenvalue weighted by Gasteiger charge is 2.32. The van der Waals surface area contributed by atoms with Crippen LogP contribution < -0.4 is 14.8 Å². The van der Waals surface area contributed by atoms with Crippen LogP contribution in [-0.4, -0.2) is 31.5 Å². The highest BCUT2D eigenvalue weighted by Crippen LogP contribution is 2.32.